The van der Waals surface area contributed by atoms with E-state index in [2.05, 4.69) is 20.9 Å². The fourth-order valence-corrected chi connectivity index (χ4v) is 5.15. The van der Waals surface area contributed by atoms with Crippen LogP contribution in [0.2, 0.25) is 0 Å². The molecule has 1 aromatic rings. The van der Waals surface area contributed by atoms with Gasteiger partial charge in [-0.2, -0.15) is 0 Å². The van der Waals surface area contributed by atoms with Crippen molar-refractivity contribution in [3.05, 3.63) is 18.3 Å². The van der Waals surface area contributed by atoms with Gasteiger partial charge in [0.25, 0.3) is 5.91 Å². The average Bonchev–Trinajstić information content (AvgIpc) is 2.87. The monoisotopic (exact) mass is 425 g/mol. The molecule has 0 saturated carbocycles. The number of hydrogen-bond acceptors (Lipinski definition) is 7. The van der Waals surface area contributed by atoms with Crippen molar-refractivity contribution in [1.29, 1.82) is 0 Å². The highest BCUT2D eigenvalue weighted by Crippen LogP contribution is 2.22. The Morgan fingerprint density at radius 3 is 2.55 bits per heavy atom. The van der Waals surface area contributed by atoms with Crippen LogP contribution in [-0.2, 0) is 19.6 Å². The summed E-state index contributed by atoms with van der Waals surface area (Å²) in [6.07, 6.45) is 2.20. The molecule has 1 aromatic heterocycles. The predicted molar refractivity (Wildman–Crippen MR) is 103 cm³/mol. The van der Waals surface area contributed by atoms with E-state index in [4.69, 9.17) is 4.74 Å². The lowest BCUT2D eigenvalue weighted by molar-refractivity contribution is -0.122. The van der Waals surface area contributed by atoms with Crippen molar-refractivity contribution in [2.24, 2.45) is 0 Å². The van der Waals surface area contributed by atoms with Crippen LogP contribution in [0.25, 0.3) is 0 Å². The van der Waals surface area contributed by atoms with Gasteiger partial charge >= 0.3 is 6.03 Å². The Hall–Kier alpha value is -2.73. The summed E-state index contributed by atoms with van der Waals surface area (Å²) in [5.74, 6) is -0.969. The standard InChI is InChI=1S/C17H23N5O6S/c1-11(23)19-12-3-4-14(18-9-12)28-13-5-7-22(8-6-13)29(26,27)10-17(2)15(24)20-16(25)21-17/h3-4,9,13H,5-8,10H2,1-2H3,(H,19,23)(H2,20,21,24,25)/t17-/m1/s1. The molecule has 0 radical (unpaired) electrons. The number of piperidine rings is 1. The number of sulfonamides is 1. The lowest BCUT2D eigenvalue weighted by atomic mass is 10.1. The van der Waals surface area contributed by atoms with Crippen molar-refractivity contribution < 1.29 is 27.5 Å². The van der Waals surface area contributed by atoms with Gasteiger partial charge in [-0.05, 0) is 25.8 Å². The van der Waals surface area contributed by atoms with Crippen molar-refractivity contribution >= 4 is 33.6 Å². The van der Waals surface area contributed by atoms with E-state index in [0.717, 1.165) is 0 Å². The molecule has 29 heavy (non-hydrogen) atoms. The lowest BCUT2D eigenvalue weighted by Gasteiger charge is -2.33. The number of nitrogens with one attached hydrogen (secondary N) is 3. The Balaban J connectivity index is 1.54. The number of carbonyl (C=O) groups excluding carboxylic acids is 3. The van der Waals surface area contributed by atoms with Gasteiger partial charge in [0.1, 0.15) is 11.6 Å². The molecule has 2 saturated heterocycles. The highest BCUT2D eigenvalue weighted by Gasteiger charge is 2.46. The van der Waals surface area contributed by atoms with Gasteiger partial charge in [-0.15, -0.1) is 0 Å². The Kier molecular flexibility index (Phi) is 5.75. The zero-order valence-corrected chi connectivity index (χ0v) is 16.9. The second-order valence-corrected chi connectivity index (χ2v) is 9.25. The first-order valence-corrected chi connectivity index (χ1v) is 10.7. The maximum Gasteiger partial charge on any atom is 0.322 e. The fraction of sp³-hybridized carbons (Fsp3) is 0.529. The van der Waals surface area contributed by atoms with Gasteiger partial charge in [-0.1, -0.05) is 0 Å². The summed E-state index contributed by atoms with van der Waals surface area (Å²) in [5, 5.41) is 7.04. The van der Waals surface area contributed by atoms with E-state index in [1.165, 1.54) is 24.3 Å². The largest absolute Gasteiger partial charge is 0.474 e. The van der Waals surface area contributed by atoms with Gasteiger partial charge in [0.2, 0.25) is 21.8 Å². The SMILES string of the molecule is CC(=O)Nc1ccc(OC2CCN(S(=O)(=O)C[C@@]3(C)NC(=O)NC3=O)CC2)nc1. The van der Waals surface area contributed by atoms with Gasteiger partial charge < -0.3 is 15.4 Å². The highest BCUT2D eigenvalue weighted by molar-refractivity contribution is 7.89. The summed E-state index contributed by atoms with van der Waals surface area (Å²) in [4.78, 5) is 38.4. The normalized spacial score (nSPS) is 23.4. The summed E-state index contributed by atoms with van der Waals surface area (Å²) in [7, 11) is -3.75. The van der Waals surface area contributed by atoms with Gasteiger partial charge in [-0.25, -0.2) is 22.5 Å². The molecule has 3 rings (SSSR count). The quantitative estimate of drug-likeness (QED) is 0.535. The van der Waals surface area contributed by atoms with Crippen LogP contribution in [0.3, 0.4) is 0 Å². The molecule has 2 aliphatic rings. The average molecular weight is 425 g/mol. The van der Waals surface area contributed by atoms with Crippen molar-refractivity contribution in [2.75, 3.05) is 24.2 Å². The molecule has 158 valence electrons. The van der Waals surface area contributed by atoms with E-state index in [-0.39, 0.29) is 25.1 Å². The third kappa shape index (κ3) is 5.01. The third-order valence-corrected chi connectivity index (χ3v) is 6.82. The number of amides is 4. The Labute approximate surface area is 168 Å². The summed E-state index contributed by atoms with van der Waals surface area (Å²) in [6.45, 7) is 3.27. The molecule has 1 atom stereocenters. The molecular formula is C17H23N5O6S. The molecule has 2 fully saturated rings. The number of carbonyl (C=O) groups is 3. The zero-order chi connectivity index (χ0) is 21.2. The lowest BCUT2D eigenvalue weighted by Crippen LogP contribution is -2.53. The molecular weight excluding hydrogens is 402 g/mol. The maximum atomic E-state index is 12.7. The molecule has 0 aliphatic carbocycles. The van der Waals surface area contributed by atoms with Crippen molar-refractivity contribution in [2.45, 2.75) is 38.3 Å². The molecule has 2 aliphatic heterocycles. The molecule has 0 spiro atoms. The smallest absolute Gasteiger partial charge is 0.322 e. The fourth-order valence-electron chi connectivity index (χ4n) is 3.26. The Morgan fingerprint density at radius 2 is 2.03 bits per heavy atom. The molecule has 3 N–H and O–H groups in total. The number of ether oxygens (including phenoxy) is 1. The number of pyridine rings is 1. The number of urea groups is 1. The van der Waals surface area contributed by atoms with Crippen LogP contribution in [0.4, 0.5) is 10.5 Å². The first kappa shape index (κ1) is 21.0. The number of rotatable bonds is 6. The van der Waals surface area contributed by atoms with E-state index < -0.39 is 33.3 Å². The first-order valence-electron chi connectivity index (χ1n) is 9.09. The maximum absolute atomic E-state index is 12.7. The molecule has 0 bridgehead atoms. The van der Waals surface area contributed by atoms with Crippen LogP contribution < -0.4 is 20.7 Å². The minimum Gasteiger partial charge on any atom is -0.474 e. The van der Waals surface area contributed by atoms with Crippen LogP contribution in [0, 0.1) is 0 Å². The third-order valence-electron chi connectivity index (χ3n) is 4.73. The number of anilines is 1. The molecule has 3 heterocycles. The molecule has 0 aromatic carbocycles. The summed E-state index contributed by atoms with van der Waals surface area (Å²) >= 11 is 0. The van der Waals surface area contributed by atoms with Gasteiger partial charge in [0.15, 0.2) is 0 Å². The van der Waals surface area contributed by atoms with E-state index in [1.807, 2.05) is 0 Å². The minimum absolute atomic E-state index is 0.197. The van der Waals surface area contributed by atoms with E-state index >= 15 is 0 Å². The van der Waals surface area contributed by atoms with Gasteiger partial charge in [0, 0.05) is 26.1 Å². The van der Waals surface area contributed by atoms with E-state index in [9.17, 15) is 22.8 Å². The highest BCUT2D eigenvalue weighted by atomic mass is 32.2. The molecule has 11 nitrogen and oxygen atoms in total. The van der Waals surface area contributed by atoms with Crippen molar-refractivity contribution in [3.8, 4) is 5.88 Å². The second kappa shape index (κ2) is 7.95. The number of nitrogens with zero attached hydrogens (tertiary/aromatic N) is 2. The summed E-state index contributed by atoms with van der Waals surface area (Å²) < 4.78 is 32.5. The van der Waals surface area contributed by atoms with Gasteiger partial charge in [-0.3, -0.25) is 14.9 Å². The van der Waals surface area contributed by atoms with Crippen LogP contribution in [0.1, 0.15) is 26.7 Å². The molecule has 4 amide bonds. The van der Waals surface area contributed by atoms with Crippen LogP contribution in [0.15, 0.2) is 18.3 Å². The van der Waals surface area contributed by atoms with Gasteiger partial charge in [0.05, 0.1) is 17.6 Å². The summed E-state index contributed by atoms with van der Waals surface area (Å²) in [6, 6.07) is 2.61. The van der Waals surface area contributed by atoms with Crippen LogP contribution >= 0.6 is 0 Å². The van der Waals surface area contributed by atoms with Crippen LogP contribution in [0.5, 0.6) is 5.88 Å². The predicted octanol–water partition coefficient (Wildman–Crippen LogP) is -0.189. The van der Waals surface area contributed by atoms with Crippen LogP contribution in [-0.4, -0.2) is 66.0 Å². The minimum atomic E-state index is -3.75. The van der Waals surface area contributed by atoms with Crippen molar-refractivity contribution in [3.63, 3.8) is 0 Å². The Morgan fingerprint density at radius 1 is 1.34 bits per heavy atom. The van der Waals surface area contributed by atoms with Crippen molar-refractivity contribution in [1.82, 2.24) is 19.9 Å². The molecule has 12 heteroatoms. The number of imide groups is 1. The second-order valence-electron chi connectivity index (χ2n) is 7.28. The summed E-state index contributed by atoms with van der Waals surface area (Å²) in [5.41, 5.74) is -0.926. The number of hydrogen-bond donors (Lipinski definition) is 3. The van der Waals surface area contributed by atoms with E-state index in [1.54, 1.807) is 12.1 Å². The Bertz CT molecular complexity index is 911. The number of aromatic nitrogens is 1. The topological polar surface area (TPSA) is 147 Å². The zero-order valence-electron chi connectivity index (χ0n) is 16.1. The van der Waals surface area contributed by atoms with E-state index in [0.29, 0.717) is 24.4 Å². The molecule has 0 unspecified atom stereocenters. The first-order chi connectivity index (χ1) is 13.6.